The van der Waals surface area contributed by atoms with Gasteiger partial charge in [0.1, 0.15) is 0 Å². The zero-order valence-corrected chi connectivity index (χ0v) is 6.82. The Morgan fingerprint density at radius 3 is 2.56 bits per heavy atom. The van der Waals surface area contributed by atoms with Gasteiger partial charge in [0, 0.05) is 12.5 Å². The number of nitrogens with two attached hydrogens (primary N) is 1. The van der Waals surface area contributed by atoms with Crippen molar-refractivity contribution in [3.8, 4) is 0 Å². The maximum atomic E-state index is 8.64. The van der Waals surface area contributed by atoms with Crippen LogP contribution in [0.15, 0.2) is 0 Å². The molecule has 0 saturated heterocycles. The van der Waals surface area contributed by atoms with E-state index in [1.54, 1.807) is 11.8 Å². The lowest BCUT2D eigenvalue weighted by molar-refractivity contribution is 0.235. The first-order valence-electron chi connectivity index (χ1n) is 3.20. The molecule has 0 rings (SSSR count). The van der Waals surface area contributed by atoms with Crippen LogP contribution in [0.2, 0.25) is 0 Å². The van der Waals surface area contributed by atoms with Crippen molar-refractivity contribution in [2.75, 3.05) is 12.4 Å². The Morgan fingerprint density at radius 1 is 1.67 bits per heavy atom. The molecule has 0 aromatic carbocycles. The second-order valence-electron chi connectivity index (χ2n) is 2.08. The van der Waals surface area contributed by atoms with E-state index in [0.717, 1.165) is 5.75 Å². The molecule has 2 unspecified atom stereocenters. The summed E-state index contributed by atoms with van der Waals surface area (Å²) < 4.78 is 0. The predicted molar refractivity (Wildman–Crippen MR) is 42.4 cm³/mol. The predicted octanol–water partition coefficient (Wildman–Crippen LogP) is 0.653. The zero-order chi connectivity index (χ0) is 7.28. The summed E-state index contributed by atoms with van der Waals surface area (Å²) in [5.74, 6) is 1.24. The Morgan fingerprint density at radius 2 is 2.22 bits per heavy atom. The molecule has 0 aliphatic carbocycles. The third-order valence-corrected chi connectivity index (χ3v) is 2.39. The lowest BCUT2D eigenvalue weighted by Gasteiger charge is -2.15. The fraction of sp³-hybridized carbons (Fsp3) is 1.00. The average molecular weight is 149 g/mol. The molecule has 2 nitrogen and oxygen atoms in total. The lowest BCUT2D eigenvalue weighted by atomic mass is 10.2. The Balaban J connectivity index is 3.32. The van der Waals surface area contributed by atoms with E-state index in [4.69, 9.17) is 10.8 Å². The fourth-order valence-electron chi connectivity index (χ4n) is 0.461. The summed E-state index contributed by atoms with van der Waals surface area (Å²) in [6.45, 7) is 4.20. The number of rotatable bonds is 4. The van der Waals surface area contributed by atoms with Crippen molar-refractivity contribution in [2.24, 2.45) is 11.7 Å². The van der Waals surface area contributed by atoms with Crippen LogP contribution in [0.5, 0.6) is 0 Å². The van der Waals surface area contributed by atoms with Gasteiger partial charge in [-0.15, -0.1) is 11.8 Å². The van der Waals surface area contributed by atoms with Crippen molar-refractivity contribution in [2.45, 2.75) is 19.2 Å². The summed E-state index contributed by atoms with van der Waals surface area (Å²) in [6, 6.07) is 0. The smallest absolute Gasteiger partial charge is 0.0554 e. The van der Waals surface area contributed by atoms with E-state index in [-0.39, 0.29) is 17.9 Å². The van der Waals surface area contributed by atoms with Gasteiger partial charge in [-0.2, -0.15) is 0 Å². The van der Waals surface area contributed by atoms with Gasteiger partial charge in [-0.1, -0.05) is 13.8 Å². The minimum Gasteiger partial charge on any atom is -0.396 e. The highest BCUT2D eigenvalue weighted by Gasteiger charge is 2.09. The summed E-state index contributed by atoms with van der Waals surface area (Å²) in [6.07, 6.45) is 0. The maximum Gasteiger partial charge on any atom is 0.0554 e. The van der Waals surface area contributed by atoms with Crippen molar-refractivity contribution in [3.63, 3.8) is 0 Å². The van der Waals surface area contributed by atoms with Crippen LogP contribution in [0, 0.1) is 5.92 Å². The topological polar surface area (TPSA) is 46.2 Å². The van der Waals surface area contributed by atoms with Gasteiger partial charge in [0.05, 0.1) is 5.37 Å². The van der Waals surface area contributed by atoms with Gasteiger partial charge in [0.25, 0.3) is 0 Å². The molecule has 9 heavy (non-hydrogen) atoms. The van der Waals surface area contributed by atoms with Crippen molar-refractivity contribution >= 4 is 11.8 Å². The average Bonchev–Trinajstić information content (AvgIpc) is 1.87. The molecule has 0 spiro atoms. The lowest BCUT2D eigenvalue weighted by Crippen LogP contribution is -2.27. The monoisotopic (exact) mass is 149 g/mol. The molecule has 0 aliphatic heterocycles. The van der Waals surface area contributed by atoms with Crippen molar-refractivity contribution < 1.29 is 5.11 Å². The van der Waals surface area contributed by atoms with E-state index >= 15 is 0 Å². The molecule has 3 N–H and O–H groups in total. The molecular weight excluding hydrogens is 134 g/mol. The van der Waals surface area contributed by atoms with E-state index in [9.17, 15) is 0 Å². The van der Waals surface area contributed by atoms with Crippen LogP contribution in [-0.4, -0.2) is 22.8 Å². The Hall–Kier alpha value is 0.270. The number of aliphatic hydroxyl groups excluding tert-OH is 1. The summed E-state index contributed by atoms with van der Waals surface area (Å²) in [5.41, 5.74) is 5.64. The van der Waals surface area contributed by atoms with Crippen LogP contribution < -0.4 is 5.73 Å². The summed E-state index contributed by atoms with van der Waals surface area (Å²) in [4.78, 5) is 0. The van der Waals surface area contributed by atoms with Gasteiger partial charge in [-0.05, 0) is 5.75 Å². The van der Waals surface area contributed by atoms with Crippen LogP contribution in [0.4, 0.5) is 0 Å². The molecule has 0 heterocycles. The molecule has 0 amide bonds. The van der Waals surface area contributed by atoms with E-state index in [1.807, 2.05) is 6.92 Å². The van der Waals surface area contributed by atoms with Gasteiger partial charge in [-0.3, -0.25) is 0 Å². The quantitative estimate of drug-likeness (QED) is 0.577. The zero-order valence-electron chi connectivity index (χ0n) is 6.00. The highest BCUT2D eigenvalue weighted by atomic mass is 32.2. The molecule has 0 aliphatic rings. The van der Waals surface area contributed by atoms with E-state index in [1.165, 1.54) is 0 Å². The van der Waals surface area contributed by atoms with Crippen molar-refractivity contribution in [3.05, 3.63) is 0 Å². The van der Waals surface area contributed by atoms with E-state index in [2.05, 4.69) is 6.92 Å². The first kappa shape index (κ1) is 9.27. The Kier molecular flexibility index (Phi) is 5.24. The second-order valence-corrected chi connectivity index (χ2v) is 3.53. The van der Waals surface area contributed by atoms with E-state index < -0.39 is 0 Å². The van der Waals surface area contributed by atoms with Gasteiger partial charge in [-0.25, -0.2) is 0 Å². The van der Waals surface area contributed by atoms with Crippen LogP contribution in [0.1, 0.15) is 13.8 Å². The Bertz CT molecular complexity index is 70.1. The van der Waals surface area contributed by atoms with Gasteiger partial charge in [0.15, 0.2) is 0 Å². The van der Waals surface area contributed by atoms with Crippen molar-refractivity contribution in [1.29, 1.82) is 0 Å². The molecule has 0 aromatic rings. The van der Waals surface area contributed by atoms with Gasteiger partial charge < -0.3 is 10.8 Å². The minimum absolute atomic E-state index is 0.0972. The Labute approximate surface area is 60.8 Å². The standard InChI is InChI=1S/C6H15NOS/c1-3-9-6(7)5(2)4-8/h5-6,8H,3-4,7H2,1-2H3. The molecule has 2 atom stereocenters. The minimum atomic E-state index is 0.0972. The molecule has 0 aromatic heterocycles. The van der Waals surface area contributed by atoms with Crippen LogP contribution in [0.3, 0.4) is 0 Å². The SMILES string of the molecule is CCSC(N)C(C)CO. The van der Waals surface area contributed by atoms with Crippen molar-refractivity contribution in [1.82, 2.24) is 0 Å². The van der Waals surface area contributed by atoms with Crippen LogP contribution in [0.25, 0.3) is 0 Å². The normalized spacial score (nSPS) is 17.3. The summed E-state index contributed by atoms with van der Waals surface area (Å²) in [5, 5.41) is 8.74. The maximum absolute atomic E-state index is 8.64. The molecular formula is C6H15NOS. The number of hydrogen-bond acceptors (Lipinski definition) is 3. The first-order chi connectivity index (χ1) is 4.22. The molecule has 56 valence electrons. The highest BCUT2D eigenvalue weighted by Crippen LogP contribution is 2.12. The molecule has 0 radical (unpaired) electrons. The van der Waals surface area contributed by atoms with Gasteiger partial charge >= 0.3 is 0 Å². The van der Waals surface area contributed by atoms with Crippen LogP contribution >= 0.6 is 11.8 Å². The summed E-state index contributed by atoms with van der Waals surface area (Å²) in [7, 11) is 0. The van der Waals surface area contributed by atoms with Gasteiger partial charge in [0.2, 0.25) is 0 Å². The number of thioether (sulfide) groups is 1. The number of aliphatic hydroxyl groups is 1. The molecule has 3 heteroatoms. The van der Waals surface area contributed by atoms with Crippen LogP contribution in [-0.2, 0) is 0 Å². The summed E-state index contributed by atoms with van der Waals surface area (Å²) >= 11 is 1.68. The molecule has 0 fully saturated rings. The first-order valence-corrected chi connectivity index (χ1v) is 4.25. The third kappa shape index (κ3) is 3.78. The third-order valence-electron chi connectivity index (χ3n) is 1.21. The molecule has 0 bridgehead atoms. The molecule has 0 saturated carbocycles. The number of hydrogen-bond donors (Lipinski definition) is 2. The van der Waals surface area contributed by atoms with E-state index in [0.29, 0.717) is 0 Å². The fourth-order valence-corrected chi connectivity index (χ4v) is 1.26. The highest BCUT2D eigenvalue weighted by molar-refractivity contribution is 7.99. The largest absolute Gasteiger partial charge is 0.396 e. The second kappa shape index (κ2) is 5.09.